The van der Waals surface area contributed by atoms with E-state index in [2.05, 4.69) is 15.3 Å². The number of amides is 3. The van der Waals surface area contributed by atoms with Gasteiger partial charge >= 0.3 is 11.8 Å². The molecule has 4 N–H and O–H groups in total. The molecule has 0 radical (unpaired) electrons. The molecule has 0 aliphatic carbocycles. The molecule has 9 nitrogen and oxygen atoms in total. The Morgan fingerprint density at radius 3 is 2.55 bits per heavy atom. The molecular formula is C19H16FN5O4. The molecule has 2 aromatic heterocycles. The van der Waals surface area contributed by atoms with Gasteiger partial charge in [0.15, 0.2) is 11.4 Å². The van der Waals surface area contributed by atoms with Gasteiger partial charge in [0.1, 0.15) is 17.2 Å². The first-order chi connectivity index (χ1) is 13.8. The van der Waals surface area contributed by atoms with Crippen LogP contribution in [0.2, 0.25) is 0 Å². The zero-order valence-electron chi connectivity index (χ0n) is 15.2. The van der Waals surface area contributed by atoms with Gasteiger partial charge in [-0.2, -0.15) is 0 Å². The molecule has 0 spiro atoms. The number of hydrogen-bond acceptors (Lipinski definition) is 6. The van der Waals surface area contributed by atoms with Gasteiger partial charge in [0.05, 0.1) is 0 Å². The molecule has 0 aliphatic rings. The number of carbonyl (C=O) groups is 3. The van der Waals surface area contributed by atoms with Crippen molar-refractivity contribution in [1.82, 2.24) is 15.3 Å². The molecule has 0 unspecified atom stereocenters. The van der Waals surface area contributed by atoms with Crippen LogP contribution in [0.4, 0.5) is 10.2 Å². The summed E-state index contributed by atoms with van der Waals surface area (Å²) in [4.78, 5) is 44.8. The highest BCUT2D eigenvalue weighted by molar-refractivity contribution is 6.40. The van der Waals surface area contributed by atoms with Crippen LogP contribution in [0.25, 0.3) is 10.9 Å². The monoisotopic (exact) mass is 397 g/mol. The molecule has 148 valence electrons. The number of anilines is 1. The molecule has 0 fully saturated rings. The van der Waals surface area contributed by atoms with E-state index in [1.807, 2.05) is 0 Å². The van der Waals surface area contributed by atoms with Crippen LogP contribution in [0.15, 0.2) is 42.6 Å². The Bertz CT molecular complexity index is 1120. The van der Waals surface area contributed by atoms with Crippen molar-refractivity contribution in [2.24, 2.45) is 5.73 Å². The lowest BCUT2D eigenvalue weighted by molar-refractivity contribution is -0.135. The number of nitrogens with one attached hydrogen (secondary N) is 1. The third-order valence-electron chi connectivity index (χ3n) is 4.13. The van der Waals surface area contributed by atoms with E-state index in [4.69, 9.17) is 5.73 Å². The van der Waals surface area contributed by atoms with Crippen LogP contribution >= 0.6 is 0 Å². The van der Waals surface area contributed by atoms with Gasteiger partial charge in [-0.05, 0) is 29.8 Å². The molecule has 29 heavy (non-hydrogen) atoms. The Hall–Kier alpha value is -4.08. The maximum atomic E-state index is 13.0. The molecule has 0 atom stereocenters. The Balaban J connectivity index is 1.99. The fourth-order valence-electron chi connectivity index (χ4n) is 2.65. The normalized spacial score (nSPS) is 10.6. The number of primary amides is 1. The van der Waals surface area contributed by atoms with Gasteiger partial charge < -0.3 is 16.2 Å². The van der Waals surface area contributed by atoms with Gasteiger partial charge in [-0.25, -0.2) is 9.37 Å². The van der Waals surface area contributed by atoms with E-state index in [1.54, 1.807) is 6.07 Å². The fourth-order valence-corrected chi connectivity index (χ4v) is 2.65. The maximum absolute atomic E-state index is 13.0. The Labute approximate surface area is 164 Å². The van der Waals surface area contributed by atoms with Gasteiger partial charge in [-0.1, -0.05) is 12.1 Å². The van der Waals surface area contributed by atoms with Gasteiger partial charge in [-0.3, -0.25) is 24.3 Å². The first-order valence-corrected chi connectivity index (χ1v) is 8.37. The average molecular weight is 397 g/mol. The third kappa shape index (κ3) is 3.95. The standard InChI is InChI=1S/C19H16FN5O4/c1-25(19(29)16(21)27)17-12-3-2-8-22-13(12)15(26)14(24-17)18(28)23-9-10-4-6-11(20)7-5-10/h2-8,26H,9H2,1H3,(H2,21,27)(H,23,28). The number of fused-ring (bicyclic) bond motifs is 1. The number of aromatic nitrogens is 2. The van der Waals surface area contributed by atoms with Crippen LogP contribution in [0.5, 0.6) is 5.75 Å². The number of nitrogens with two attached hydrogens (primary N) is 1. The van der Waals surface area contributed by atoms with Crippen LogP contribution in [0.3, 0.4) is 0 Å². The van der Waals surface area contributed by atoms with Crippen molar-refractivity contribution in [1.29, 1.82) is 0 Å². The fraction of sp³-hybridized carbons (Fsp3) is 0.105. The molecule has 0 bridgehead atoms. The van der Waals surface area contributed by atoms with Crippen LogP contribution in [0, 0.1) is 5.82 Å². The second-order valence-corrected chi connectivity index (χ2v) is 6.07. The first-order valence-electron chi connectivity index (χ1n) is 8.37. The lowest BCUT2D eigenvalue weighted by Crippen LogP contribution is -2.38. The highest BCUT2D eigenvalue weighted by Gasteiger charge is 2.25. The summed E-state index contributed by atoms with van der Waals surface area (Å²) in [6, 6.07) is 8.56. The molecule has 0 aliphatic heterocycles. The van der Waals surface area contributed by atoms with Crippen LogP contribution in [-0.2, 0) is 16.1 Å². The number of aromatic hydroxyl groups is 1. The van der Waals surface area contributed by atoms with E-state index >= 15 is 0 Å². The Morgan fingerprint density at radius 1 is 1.21 bits per heavy atom. The highest BCUT2D eigenvalue weighted by atomic mass is 19.1. The number of hydrogen-bond donors (Lipinski definition) is 3. The molecule has 3 rings (SSSR count). The second kappa shape index (κ2) is 7.89. The molecule has 3 aromatic rings. The summed E-state index contributed by atoms with van der Waals surface area (Å²) in [6.45, 7) is 0.0475. The number of nitrogens with zero attached hydrogens (tertiary/aromatic N) is 3. The van der Waals surface area contributed by atoms with Crippen LogP contribution in [-0.4, -0.2) is 39.8 Å². The Morgan fingerprint density at radius 2 is 1.90 bits per heavy atom. The van der Waals surface area contributed by atoms with Crippen LogP contribution < -0.4 is 16.0 Å². The van der Waals surface area contributed by atoms with Crippen molar-refractivity contribution in [3.63, 3.8) is 0 Å². The maximum Gasteiger partial charge on any atom is 0.316 e. The Kier molecular flexibility index (Phi) is 5.35. The molecule has 0 saturated carbocycles. The minimum atomic E-state index is -1.21. The van der Waals surface area contributed by atoms with Crippen molar-refractivity contribution >= 4 is 34.4 Å². The van der Waals surface area contributed by atoms with Gasteiger partial charge in [-0.15, -0.1) is 0 Å². The molecule has 1 aromatic carbocycles. The van der Waals surface area contributed by atoms with Crippen molar-refractivity contribution in [2.45, 2.75) is 6.54 Å². The minimum Gasteiger partial charge on any atom is -0.504 e. The summed E-state index contributed by atoms with van der Waals surface area (Å²) >= 11 is 0. The lowest BCUT2D eigenvalue weighted by atomic mass is 10.1. The van der Waals surface area contributed by atoms with Gasteiger partial charge in [0, 0.05) is 25.2 Å². The van der Waals surface area contributed by atoms with Crippen LogP contribution in [0.1, 0.15) is 16.1 Å². The van der Waals surface area contributed by atoms with Crippen molar-refractivity contribution in [3.05, 3.63) is 59.7 Å². The molecule has 3 amide bonds. The number of likely N-dealkylation sites (N-methyl/N-ethyl adjacent to an activating group) is 1. The minimum absolute atomic E-state index is 0.0218. The van der Waals surface area contributed by atoms with E-state index in [0.717, 1.165) is 4.90 Å². The topological polar surface area (TPSA) is 139 Å². The van der Waals surface area contributed by atoms with Crippen molar-refractivity contribution < 1.29 is 23.9 Å². The van der Waals surface area contributed by atoms with E-state index in [1.165, 1.54) is 43.6 Å². The number of halogens is 1. The predicted octanol–water partition coefficient (Wildman–Crippen LogP) is 0.853. The number of carbonyl (C=O) groups excluding carboxylic acids is 3. The summed E-state index contributed by atoms with van der Waals surface area (Å²) in [5.74, 6) is -3.97. The lowest BCUT2D eigenvalue weighted by Gasteiger charge is -2.18. The molecular weight excluding hydrogens is 381 g/mol. The summed E-state index contributed by atoms with van der Waals surface area (Å²) < 4.78 is 13.0. The van der Waals surface area contributed by atoms with E-state index in [-0.39, 0.29) is 23.3 Å². The van der Waals surface area contributed by atoms with Crippen molar-refractivity contribution in [2.75, 3.05) is 11.9 Å². The SMILES string of the molecule is CN(C(=O)C(N)=O)c1nc(C(=O)NCc2ccc(F)cc2)c(O)c2ncccc12. The van der Waals surface area contributed by atoms with E-state index in [9.17, 15) is 23.9 Å². The van der Waals surface area contributed by atoms with Crippen molar-refractivity contribution in [3.8, 4) is 5.75 Å². The van der Waals surface area contributed by atoms with E-state index < -0.39 is 35.0 Å². The summed E-state index contributed by atoms with van der Waals surface area (Å²) in [5.41, 5.74) is 5.29. The molecule has 10 heteroatoms. The summed E-state index contributed by atoms with van der Waals surface area (Å²) in [7, 11) is 1.26. The smallest absolute Gasteiger partial charge is 0.316 e. The molecule has 0 saturated heterocycles. The summed E-state index contributed by atoms with van der Waals surface area (Å²) in [5, 5.41) is 13.3. The predicted molar refractivity (Wildman–Crippen MR) is 101 cm³/mol. The highest BCUT2D eigenvalue weighted by Crippen LogP contribution is 2.32. The average Bonchev–Trinajstić information content (AvgIpc) is 2.72. The number of rotatable bonds is 4. The zero-order valence-corrected chi connectivity index (χ0v) is 15.2. The number of benzene rings is 1. The second-order valence-electron chi connectivity index (χ2n) is 6.07. The quantitative estimate of drug-likeness (QED) is 0.558. The third-order valence-corrected chi connectivity index (χ3v) is 4.13. The largest absolute Gasteiger partial charge is 0.504 e. The first kappa shape index (κ1) is 19.7. The van der Waals surface area contributed by atoms with E-state index in [0.29, 0.717) is 5.56 Å². The molecule has 2 heterocycles. The zero-order chi connectivity index (χ0) is 21.1. The number of pyridine rings is 2. The van der Waals surface area contributed by atoms with Gasteiger partial charge in [0.2, 0.25) is 0 Å². The summed E-state index contributed by atoms with van der Waals surface area (Å²) in [6.07, 6.45) is 1.39. The van der Waals surface area contributed by atoms with Gasteiger partial charge in [0.25, 0.3) is 5.91 Å².